The second-order valence-electron chi connectivity index (χ2n) is 6.97. The van der Waals surface area contributed by atoms with Crippen LogP contribution in [-0.2, 0) is 6.54 Å². The van der Waals surface area contributed by atoms with Crippen LogP contribution in [0, 0.1) is 0 Å². The highest BCUT2D eigenvalue weighted by Gasteiger charge is 2.20. The molecule has 1 aliphatic heterocycles. The van der Waals surface area contributed by atoms with Gasteiger partial charge < -0.3 is 15.5 Å². The predicted molar refractivity (Wildman–Crippen MR) is 123 cm³/mol. The largest absolute Gasteiger partial charge is 0.375 e. The van der Waals surface area contributed by atoms with Crippen molar-refractivity contribution in [3.05, 3.63) is 46.6 Å². The van der Waals surface area contributed by atoms with Crippen LogP contribution in [0.25, 0.3) is 0 Å². The first kappa shape index (κ1) is 21.2. The van der Waals surface area contributed by atoms with E-state index in [9.17, 15) is 0 Å². The number of nitrogens with zero attached hydrogens (tertiary/aromatic N) is 6. The van der Waals surface area contributed by atoms with Crippen molar-refractivity contribution in [3.8, 4) is 0 Å². The molecule has 3 N–H and O–H groups in total. The van der Waals surface area contributed by atoms with Crippen LogP contribution in [0.5, 0.6) is 0 Å². The lowest BCUT2D eigenvalue weighted by Crippen LogP contribution is -2.46. The fourth-order valence-corrected chi connectivity index (χ4v) is 3.27. The molecule has 0 unspecified atom stereocenters. The summed E-state index contributed by atoms with van der Waals surface area (Å²) in [6.45, 7) is 4.56. The summed E-state index contributed by atoms with van der Waals surface area (Å²) in [6, 6.07) is 8.03. The Kier molecular flexibility index (Phi) is 7.18. The van der Waals surface area contributed by atoms with E-state index < -0.39 is 0 Å². The smallest absolute Gasteiger partial charge is 0.227 e. The SMILES string of the molecule is CN(C)c1nc(N2CCN(Cc3ccc(Cl)cc3)CC2)ncc1C=NNC(N)=S. The highest BCUT2D eigenvalue weighted by atomic mass is 35.5. The average Bonchev–Trinajstić information content (AvgIpc) is 2.70. The van der Waals surface area contributed by atoms with Gasteiger partial charge in [-0.1, -0.05) is 23.7 Å². The van der Waals surface area contributed by atoms with E-state index in [1.165, 1.54) is 5.56 Å². The number of thiocarbonyl (C=S) groups is 1. The quantitative estimate of drug-likeness (QED) is 0.405. The normalized spacial score (nSPS) is 14.9. The fourth-order valence-electron chi connectivity index (χ4n) is 3.09. The Morgan fingerprint density at radius 3 is 2.59 bits per heavy atom. The number of hydrogen-bond donors (Lipinski definition) is 2. The number of benzene rings is 1. The number of aromatic nitrogens is 2. The molecule has 0 amide bonds. The van der Waals surface area contributed by atoms with Gasteiger partial charge in [0.1, 0.15) is 5.82 Å². The van der Waals surface area contributed by atoms with Gasteiger partial charge in [-0.05, 0) is 29.9 Å². The molecule has 0 radical (unpaired) electrons. The zero-order valence-corrected chi connectivity index (χ0v) is 18.1. The summed E-state index contributed by atoms with van der Waals surface area (Å²) in [5.74, 6) is 1.51. The van der Waals surface area contributed by atoms with Crippen LogP contribution < -0.4 is 21.0 Å². The van der Waals surface area contributed by atoms with Gasteiger partial charge in [0.05, 0.1) is 11.8 Å². The fraction of sp³-hybridized carbons (Fsp3) is 0.368. The monoisotopic (exact) mass is 432 g/mol. The summed E-state index contributed by atoms with van der Waals surface area (Å²) in [5, 5.41) is 4.88. The predicted octanol–water partition coefficient (Wildman–Crippen LogP) is 1.69. The maximum atomic E-state index is 5.97. The minimum absolute atomic E-state index is 0.113. The standard InChI is InChI=1S/C19H25ClN8S/c1-26(2)17-15(12-23-25-18(21)29)11-22-19(24-17)28-9-7-27(8-10-28)13-14-3-5-16(20)6-4-14/h3-6,11-12H,7-10,13H2,1-2H3,(H3,21,25,29). The molecule has 154 valence electrons. The van der Waals surface area contributed by atoms with Crippen LogP contribution in [0.1, 0.15) is 11.1 Å². The molecule has 1 fully saturated rings. The lowest BCUT2D eigenvalue weighted by molar-refractivity contribution is 0.248. The molecule has 10 heteroatoms. The lowest BCUT2D eigenvalue weighted by atomic mass is 10.2. The van der Waals surface area contributed by atoms with E-state index in [0.29, 0.717) is 0 Å². The Morgan fingerprint density at radius 1 is 1.28 bits per heavy atom. The average molecular weight is 433 g/mol. The molecule has 0 bridgehead atoms. The molecule has 0 spiro atoms. The third-order valence-corrected chi connectivity index (χ3v) is 4.90. The van der Waals surface area contributed by atoms with Crippen molar-refractivity contribution >= 4 is 46.9 Å². The molecular formula is C19H25ClN8S. The second kappa shape index (κ2) is 9.82. The molecule has 0 saturated carbocycles. The number of rotatable bonds is 6. The van der Waals surface area contributed by atoms with Gasteiger partial charge in [-0.15, -0.1) is 0 Å². The van der Waals surface area contributed by atoms with Gasteiger partial charge in [0.2, 0.25) is 5.95 Å². The molecule has 1 aliphatic rings. The number of halogens is 1. The van der Waals surface area contributed by atoms with Crippen molar-refractivity contribution in [1.82, 2.24) is 20.3 Å². The number of anilines is 2. The van der Waals surface area contributed by atoms with E-state index >= 15 is 0 Å². The summed E-state index contributed by atoms with van der Waals surface area (Å²) < 4.78 is 0. The van der Waals surface area contributed by atoms with Crippen LogP contribution in [0.15, 0.2) is 35.6 Å². The van der Waals surface area contributed by atoms with E-state index in [1.807, 2.05) is 31.1 Å². The highest BCUT2D eigenvalue weighted by molar-refractivity contribution is 7.80. The second-order valence-corrected chi connectivity index (χ2v) is 7.84. The van der Waals surface area contributed by atoms with E-state index in [-0.39, 0.29) is 5.11 Å². The molecule has 2 aromatic rings. The van der Waals surface area contributed by atoms with Gasteiger partial charge in [0.15, 0.2) is 5.11 Å². The van der Waals surface area contributed by atoms with Gasteiger partial charge in [-0.3, -0.25) is 10.3 Å². The zero-order valence-electron chi connectivity index (χ0n) is 16.5. The molecule has 1 saturated heterocycles. The van der Waals surface area contributed by atoms with Crippen molar-refractivity contribution in [1.29, 1.82) is 0 Å². The van der Waals surface area contributed by atoms with Crippen molar-refractivity contribution < 1.29 is 0 Å². The van der Waals surface area contributed by atoms with E-state index in [0.717, 1.165) is 55.1 Å². The zero-order chi connectivity index (χ0) is 20.8. The maximum Gasteiger partial charge on any atom is 0.227 e. The molecule has 0 atom stereocenters. The van der Waals surface area contributed by atoms with E-state index in [1.54, 1.807) is 12.4 Å². The Bertz CT molecular complexity index is 863. The van der Waals surface area contributed by atoms with E-state index in [4.69, 9.17) is 34.5 Å². The van der Waals surface area contributed by atoms with Gasteiger partial charge in [-0.2, -0.15) is 10.1 Å². The summed E-state index contributed by atoms with van der Waals surface area (Å²) in [4.78, 5) is 15.8. The third kappa shape index (κ3) is 5.99. The number of hydrazone groups is 1. The van der Waals surface area contributed by atoms with Gasteiger partial charge in [0, 0.05) is 58.0 Å². The summed E-state index contributed by atoms with van der Waals surface area (Å²) in [5.41, 5.74) is 9.99. The van der Waals surface area contributed by atoms with Gasteiger partial charge in [0.25, 0.3) is 0 Å². The highest BCUT2D eigenvalue weighted by Crippen LogP contribution is 2.19. The molecule has 2 heterocycles. The Hall–Kier alpha value is -2.49. The van der Waals surface area contributed by atoms with Crippen LogP contribution in [-0.4, -0.2) is 66.5 Å². The van der Waals surface area contributed by atoms with Gasteiger partial charge in [-0.25, -0.2) is 4.98 Å². The molecule has 29 heavy (non-hydrogen) atoms. The number of piperazine rings is 1. The number of nitrogens with two attached hydrogens (primary N) is 1. The topological polar surface area (TPSA) is 85.9 Å². The van der Waals surface area contributed by atoms with Crippen LogP contribution in [0.3, 0.4) is 0 Å². The Balaban J connectivity index is 1.63. The Morgan fingerprint density at radius 2 is 1.97 bits per heavy atom. The lowest BCUT2D eigenvalue weighted by Gasteiger charge is -2.35. The van der Waals surface area contributed by atoms with Crippen molar-refractivity contribution in [2.45, 2.75) is 6.54 Å². The maximum absolute atomic E-state index is 5.97. The number of nitrogens with one attached hydrogen (secondary N) is 1. The summed E-state index contributed by atoms with van der Waals surface area (Å²) in [7, 11) is 3.88. The number of hydrogen-bond acceptors (Lipinski definition) is 7. The minimum atomic E-state index is 0.113. The first-order valence-electron chi connectivity index (χ1n) is 9.27. The van der Waals surface area contributed by atoms with Crippen LogP contribution in [0.2, 0.25) is 5.02 Å². The molecule has 1 aromatic carbocycles. The van der Waals surface area contributed by atoms with Crippen molar-refractivity contribution in [2.24, 2.45) is 10.8 Å². The summed E-state index contributed by atoms with van der Waals surface area (Å²) >= 11 is 10.7. The van der Waals surface area contributed by atoms with Crippen molar-refractivity contribution in [2.75, 3.05) is 50.1 Å². The first-order chi connectivity index (χ1) is 13.9. The molecule has 8 nitrogen and oxygen atoms in total. The minimum Gasteiger partial charge on any atom is -0.375 e. The van der Waals surface area contributed by atoms with Crippen molar-refractivity contribution in [3.63, 3.8) is 0 Å². The molecule has 1 aromatic heterocycles. The van der Waals surface area contributed by atoms with Crippen LogP contribution >= 0.6 is 23.8 Å². The Labute approximate surface area is 181 Å². The molecule has 3 rings (SSSR count). The molecular weight excluding hydrogens is 408 g/mol. The van der Waals surface area contributed by atoms with Crippen LogP contribution in [0.4, 0.5) is 11.8 Å². The first-order valence-corrected chi connectivity index (χ1v) is 10.1. The van der Waals surface area contributed by atoms with E-state index in [2.05, 4.69) is 37.4 Å². The van der Waals surface area contributed by atoms with Gasteiger partial charge >= 0.3 is 0 Å². The third-order valence-electron chi connectivity index (χ3n) is 4.56. The molecule has 0 aliphatic carbocycles. The summed E-state index contributed by atoms with van der Waals surface area (Å²) in [6.07, 6.45) is 3.38.